The van der Waals surface area contributed by atoms with Crippen LogP contribution in [-0.2, 0) is 19.4 Å². The van der Waals surface area contributed by atoms with Gasteiger partial charge in [0.1, 0.15) is 11.6 Å². The fourth-order valence-corrected chi connectivity index (χ4v) is 5.59. The van der Waals surface area contributed by atoms with Gasteiger partial charge in [0.25, 0.3) is 0 Å². The monoisotopic (exact) mass is 459 g/mol. The first-order valence-electron chi connectivity index (χ1n) is 11.3. The Balaban J connectivity index is 1.39. The molecule has 3 aliphatic heterocycles. The summed E-state index contributed by atoms with van der Waals surface area (Å²) in [4.78, 5) is 10.4. The average molecular weight is 459 g/mol. The van der Waals surface area contributed by atoms with Crippen LogP contribution in [-0.4, -0.2) is 40.4 Å². The van der Waals surface area contributed by atoms with Crippen molar-refractivity contribution in [3.8, 4) is 34.4 Å². The van der Waals surface area contributed by atoms with E-state index in [4.69, 9.17) is 19.2 Å². The summed E-state index contributed by atoms with van der Waals surface area (Å²) in [5, 5.41) is 11.0. The van der Waals surface area contributed by atoms with Gasteiger partial charge < -0.3 is 24.3 Å². The topological polar surface area (TPSA) is 79.8 Å². The van der Waals surface area contributed by atoms with Crippen LogP contribution in [0.5, 0.6) is 23.0 Å². The summed E-state index contributed by atoms with van der Waals surface area (Å²) in [5.41, 5.74) is 6.54. The number of benzene rings is 3. The molecule has 2 N–H and O–H groups in total. The molecule has 4 aromatic rings. The zero-order valence-corrected chi connectivity index (χ0v) is 18.5. The zero-order valence-electron chi connectivity index (χ0n) is 18.5. The molecule has 0 aliphatic carbocycles. The van der Waals surface area contributed by atoms with Crippen LogP contribution < -0.4 is 14.2 Å². The first-order chi connectivity index (χ1) is 16.6. The van der Waals surface area contributed by atoms with E-state index in [1.165, 1.54) is 23.3 Å². The Hall–Kier alpha value is -3.78. The number of nitrogens with one attached hydrogen (secondary N) is 1. The summed E-state index contributed by atoms with van der Waals surface area (Å²) >= 11 is 0. The van der Waals surface area contributed by atoms with Gasteiger partial charge in [0, 0.05) is 30.3 Å². The van der Waals surface area contributed by atoms with Crippen molar-refractivity contribution in [2.24, 2.45) is 0 Å². The number of ether oxygens (including phenoxy) is 3. The van der Waals surface area contributed by atoms with Gasteiger partial charge in [-0.1, -0.05) is 0 Å². The normalized spacial score (nSPS) is 18.5. The van der Waals surface area contributed by atoms with Crippen LogP contribution >= 0.6 is 0 Å². The SMILES string of the molecule is COc1cc(-c2nc3ccc(F)cc3[nH]2)c2c(c1O)CN1CCc3cc4c(cc3C1C2)OCO4. The molecule has 34 heavy (non-hydrogen) atoms. The number of aromatic amines is 1. The van der Waals surface area contributed by atoms with Gasteiger partial charge in [-0.2, -0.15) is 0 Å². The largest absolute Gasteiger partial charge is 0.504 e. The molecule has 172 valence electrons. The second kappa shape index (κ2) is 7.11. The van der Waals surface area contributed by atoms with E-state index in [0.29, 0.717) is 35.6 Å². The van der Waals surface area contributed by atoms with Crippen LogP contribution in [0.1, 0.15) is 28.3 Å². The third-order valence-electron chi connectivity index (χ3n) is 7.26. The number of fused-ring (bicyclic) bond motifs is 6. The van der Waals surface area contributed by atoms with Gasteiger partial charge in [0.15, 0.2) is 23.0 Å². The fraction of sp³-hybridized carbons (Fsp3) is 0.269. The molecule has 1 aromatic heterocycles. The van der Waals surface area contributed by atoms with Crippen LogP contribution in [0.3, 0.4) is 0 Å². The minimum Gasteiger partial charge on any atom is -0.504 e. The molecule has 0 bridgehead atoms. The highest BCUT2D eigenvalue weighted by molar-refractivity contribution is 5.81. The van der Waals surface area contributed by atoms with Crippen LogP contribution in [0.4, 0.5) is 4.39 Å². The van der Waals surface area contributed by atoms with Crippen LogP contribution in [0.2, 0.25) is 0 Å². The molecule has 3 aromatic carbocycles. The number of phenols is 1. The molecule has 0 radical (unpaired) electrons. The van der Waals surface area contributed by atoms with Crippen molar-refractivity contribution in [2.75, 3.05) is 20.4 Å². The number of aromatic hydroxyl groups is 1. The number of H-pyrrole nitrogens is 1. The first kappa shape index (κ1) is 19.7. The molecule has 0 amide bonds. The molecule has 1 atom stereocenters. The molecule has 0 fully saturated rings. The zero-order chi connectivity index (χ0) is 23.0. The number of nitrogens with zero attached hydrogens (tertiary/aromatic N) is 2. The Kier molecular flexibility index (Phi) is 4.11. The maximum Gasteiger partial charge on any atom is 0.231 e. The number of imidazole rings is 1. The van der Waals surface area contributed by atoms with E-state index in [-0.39, 0.29) is 24.4 Å². The Bertz CT molecular complexity index is 1480. The van der Waals surface area contributed by atoms with Crippen LogP contribution in [0.25, 0.3) is 22.4 Å². The van der Waals surface area contributed by atoms with Crippen molar-refractivity contribution < 1.29 is 23.7 Å². The molecule has 3 aliphatic rings. The quantitative estimate of drug-likeness (QED) is 0.461. The van der Waals surface area contributed by atoms with Crippen molar-refractivity contribution in [1.82, 2.24) is 14.9 Å². The lowest BCUT2D eigenvalue weighted by atomic mass is 9.81. The number of methoxy groups -OCH3 is 1. The third-order valence-corrected chi connectivity index (χ3v) is 7.26. The molecule has 0 saturated heterocycles. The minimum atomic E-state index is -0.318. The number of halogens is 1. The Labute approximate surface area is 194 Å². The van der Waals surface area contributed by atoms with Crippen molar-refractivity contribution in [3.05, 3.63) is 64.5 Å². The molecule has 8 heteroatoms. The Morgan fingerprint density at radius 1 is 1.15 bits per heavy atom. The van der Waals surface area contributed by atoms with E-state index < -0.39 is 0 Å². The number of hydrogen-bond donors (Lipinski definition) is 2. The summed E-state index contributed by atoms with van der Waals surface area (Å²) in [6.45, 7) is 1.73. The van der Waals surface area contributed by atoms with Gasteiger partial charge in [-0.25, -0.2) is 9.37 Å². The molecular weight excluding hydrogens is 437 g/mol. The summed E-state index contributed by atoms with van der Waals surface area (Å²) in [7, 11) is 1.55. The lowest BCUT2D eigenvalue weighted by Crippen LogP contribution is -2.39. The number of hydrogen-bond acceptors (Lipinski definition) is 6. The lowest BCUT2D eigenvalue weighted by Gasteiger charge is -2.42. The number of phenolic OH excluding ortho intramolecular Hbond substituents is 1. The van der Waals surface area contributed by atoms with E-state index in [2.05, 4.69) is 22.0 Å². The molecule has 0 saturated carbocycles. The van der Waals surface area contributed by atoms with Gasteiger partial charge in [-0.15, -0.1) is 0 Å². The average Bonchev–Trinajstić information content (AvgIpc) is 3.48. The van der Waals surface area contributed by atoms with E-state index >= 15 is 0 Å². The van der Waals surface area contributed by atoms with Crippen molar-refractivity contribution in [2.45, 2.75) is 25.4 Å². The minimum absolute atomic E-state index is 0.138. The van der Waals surface area contributed by atoms with Gasteiger partial charge in [0.05, 0.1) is 18.1 Å². The van der Waals surface area contributed by atoms with Crippen LogP contribution in [0, 0.1) is 5.82 Å². The highest BCUT2D eigenvalue weighted by Crippen LogP contribution is 2.49. The third kappa shape index (κ3) is 2.81. The highest BCUT2D eigenvalue weighted by Gasteiger charge is 2.37. The standard InChI is InChI=1S/C26H22FN3O4/c1-32-24-10-17(26-28-19-3-2-14(27)7-20(19)29-26)16-8-21-15-9-23-22(33-12-34-23)6-13(15)4-5-30(21)11-18(16)25(24)31/h2-3,6-7,9-10,21,31H,4-5,8,11-12H2,1H3,(H,28,29). The summed E-state index contributed by atoms with van der Waals surface area (Å²) < 4.78 is 30.5. The van der Waals surface area contributed by atoms with E-state index in [0.717, 1.165) is 41.2 Å². The predicted octanol–water partition coefficient (Wildman–Crippen LogP) is 4.47. The summed E-state index contributed by atoms with van der Waals surface area (Å²) in [6.07, 6.45) is 1.60. The molecule has 7 rings (SSSR count). The summed E-state index contributed by atoms with van der Waals surface area (Å²) in [5.74, 6) is 2.47. The van der Waals surface area contributed by atoms with Crippen LogP contribution in [0.15, 0.2) is 36.4 Å². The molecule has 7 nitrogen and oxygen atoms in total. The van der Waals surface area contributed by atoms with Gasteiger partial charge in [-0.05, 0) is 65.9 Å². The van der Waals surface area contributed by atoms with Crippen molar-refractivity contribution in [3.63, 3.8) is 0 Å². The number of rotatable bonds is 2. The predicted molar refractivity (Wildman–Crippen MR) is 123 cm³/mol. The van der Waals surface area contributed by atoms with Gasteiger partial charge in [-0.3, -0.25) is 4.90 Å². The second-order valence-corrected chi connectivity index (χ2v) is 9.02. The van der Waals surface area contributed by atoms with Gasteiger partial charge >= 0.3 is 0 Å². The van der Waals surface area contributed by atoms with Gasteiger partial charge in [0.2, 0.25) is 6.79 Å². The Morgan fingerprint density at radius 2 is 2.00 bits per heavy atom. The highest BCUT2D eigenvalue weighted by atomic mass is 19.1. The smallest absolute Gasteiger partial charge is 0.231 e. The second-order valence-electron chi connectivity index (χ2n) is 9.02. The lowest BCUT2D eigenvalue weighted by molar-refractivity contribution is 0.158. The molecular formula is C26H22FN3O4. The maximum atomic E-state index is 13.8. The summed E-state index contributed by atoms with van der Waals surface area (Å²) in [6, 6.07) is 10.7. The molecule has 0 spiro atoms. The van der Waals surface area contributed by atoms with E-state index in [1.807, 2.05) is 6.07 Å². The molecule has 4 heterocycles. The van der Waals surface area contributed by atoms with Crippen molar-refractivity contribution in [1.29, 1.82) is 0 Å². The number of aromatic nitrogens is 2. The fourth-order valence-electron chi connectivity index (χ4n) is 5.59. The Morgan fingerprint density at radius 3 is 2.85 bits per heavy atom. The maximum absolute atomic E-state index is 13.8. The first-order valence-corrected chi connectivity index (χ1v) is 11.3. The van der Waals surface area contributed by atoms with Crippen molar-refractivity contribution >= 4 is 11.0 Å². The van der Waals surface area contributed by atoms with E-state index in [1.54, 1.807) is 13.2 Å². The molecule has 1 unspecified atom stereocenters. The van der Waals surface area contributed by atoms with E-state index in [9.17, 15) is 9.50 Å².